The Morgan fingerprint density at radius 1 is 1.19 bits per heavy atom. The summed E-state index contributed by atoms with van der Waals surface area (Å²) in [6, 6.07) is 11.1. The Kier molecular flexibility index (Phi) is 5.48. The maximum Gasteiger partial charge on any atom is 0.339 e. The van der Waals surface area contributed by atoms with Gasteiger partial charge in [0.25, 0.3) is 0 Å². The number of amides is 1. The Hall–Kier alpha value is -2.12. The van der Waals surface area contributed by atoms with Gasteiger partial charge in [0, 0.05) is 12.6 Å². The number of nitrogens with zero attached hydrogens (tertiary/aromatic N) is 1. The van der Waals surface area contributed by atoms with Crippen molar-refractivity contribution < 1.29 is 21.8 Å². The van der Waals surface area contributed by atoms with Gasteiger partial charge in [0.15, 0.2) is 0 Å². The van der Waals surface area contributed by atoms with E-state index in [0.29, 0.717) is 6.54 Å². The minimum Gasteiger partial charge on any atom is -0.379 e. The second kappa shape index (κ2) is 7.63. The lowest BCUT2D eigenvalue weighted by atomic mass is 10.2. The van der Waals surface area contributed by atoms with Crippen molar-refractivity contribution in [2.24, 2.45) is 0 Å². The first-order chi connectivity index (χ1) is 12.4. The lowest BCUT2D eigenvalue weighted by Gasteiger charge is -2.21. The summed E-state index contributed by atoms with van der Waals surface area (Å²) in [4.78, 5) is 13.5. The Morgan fingerprint density at radius 2 is 1.88 bits per heavy atom. The fourth-order valence-corrected chi connectivity index (χ4v) is 3.63. The zero-order valence-corrected chi connectivity index (χ0v) is 15.3. The molecule has 0 spiro atoms. The average Bonchev–Trinajstić information content (AvgIpc) is 3.44. The van der Waals surface area contributed by atoms with E-state index in [9.17, 15) is 17.6 Å². The van der Waals surface area contributed by atoms with E-state index >= 15 is 0 Å². The lowest BCUT2D eigenvalue weighted by molar-refractivity contribution is -0.129. The molecule has 0 aromatic heterocycles. The van der Waals surface area contributed by atoms with Crippen molar-refractivity contribution in [1.82, 2.24) is 4.90 Å². The molecule has 0 heterocycles. The van der Waals surface area contributed by atoms with E-state index in [-0.39, 0.29) is 28.5 Å². The van der Waals surface area contributed by atoms with E-state index < -0.39 is 15.9 Å². The third-order valence-corrected chi connectivity index (χ3v) is 5.47. The highest BCUT2D eigenvalue weighted by Gasteiger charge is 2.32. The third kappa shape index (κ3) is 4.53. The van der Waals surface area contributed by atoms with Gasteiger partial charge in [-0.05, 0) is 54.8 Å². The van der Waals surface area contributed by atoms with Crippen molar-refractivity contribution >= 4 is 27.6 Å². The molecule has 0 N–H and O–H groups in total. The molecule has 138 valence electrons. The summed E-state index contributed by atoms with van der Waals surface area (Å²) < 4.78 is 42.7. The maximum absolute atomic E-state index is 13.0. The van der Waals surface area contributed by atoms with Crippen LogP contribution in [0.5, 0.6) is 5.75 Å². The molecule has 26 heavy (non-hydrogen) atoms. The number of alkyl halides is 1. The summed E-state index contributed by atoms with van der Waals surface area (Å²) in [5.74, 6) is -0.651. The number of benzene rings is 2. The predicted octanol–water partition coefficient (Wildman–Crippen LogP) is 3.32. The summed E-state index contributed by atoms with van der Waals surface area (Å²) in [6.45, 7) is 0.337. The first kappa shape index (κ1) is 18.7. The molecule has 0 aliphatic heterocycles. The number of carbonyl (C=O) groups excluding carboxylic acids is 1. The molecule has 1 saturated carbocycles. The van der Waals surface area contributed by atoms with Crippen LogP contribution >= 0.6 is 11.6 Å². The van der Waals surface area contributed by atoms with Crippen LogP contribution in [0.15, 0.2) is 53.4 Å². The van der Waals surface area contributed by atoms with Gasteiger partial charge in [-0.15, -0.1) is 11.6 Å². The predicted molar refractivity (Wildman–Crippen MR) is 94.9 cm³/mol. The second-order valence-corrected chi connectivity index (χ2v) is 7.84. The fourth-order valence-electron chi connectivity index (χ4n) is 2.55. The molecule has 0 bridgehead atoms. The summed E-state index contributed by atoms with van der Waals surface area (Å²) in [5, 5.41) is 0. The van der Waals surface area contributed by atoms with Gasteiger partial charge in [-0.25, -0.2) is 4.39 Å². The molecule has 1 fully saturated rings. The number of hydrogen-bond donors (Lipinski definition) is 0. The minimum atomic E-state index is -4.07. The normalized spacial score (nSPS) is 14.1. The van der Waals surface area contributed by atoms with Crippen molar-refractivity contribution in [3.8, 4) is 5.75 Å². The maximum atomic E-state index is 13.0. The van der Waals surface area contributed by atoms with E-state index in [4.69, 9.17) is 15.8 Å². The Morgan fingerprint density at radius 3 is 2.50 bits per heavy atom. The van der Waals surface area contributed by atoms with E-state index in [1.807, 2.05) is 0 Å². The van der Waals surface area contributed by atoms with E-state index in [1.165, 1.54) is 6.07 Å². The lowest BCUT2D eigenvalue weighted by Crippen LogP contribution is -2.33. The molecular formula is C18H17ClFNO4S. The summed E-state index contributed by atoms with van der Waals surface area (Å²) in [5.41, 5.74) is 0.738. The van der Waals surface area contributed by atoms with Gasteiger partial charge < -0.3 is 9.08 Å². The first-order valence-electron chi connectivity index (χ1n) is 8.03. The van der Waals surface area contributed by atoms with Gasteiger partial charge in [0.2, 0.25) is 5.91 Å². The monoisotopic (exact) mass is 397 g/mol. The number of hydrogen-bond acceptors (Lipinski definition) is 4. The van der Waals surface area contributed by atoms with Crippen molar-refractivity contribution in [2.45, 2.75) is 30.3 Å². The molecule has 0 radical (unpaired) electrons. The van der Waals surface area contributed by atoms with Gasteiger partial charge in [0.05, 0.1) is 0 Å². The van der Waals surface area contributed by atoms with Crippen LogP contribution < -0.4 is 4.18 Å². The fraction of sp³-hybridized carbons (Fsp3) is 0.278. The highest BCUT2D eigenvalue weighted by atomic mass is 35.5. The number of halogens is 2. The van der Waals surface area contributed by atoms with E-state index in [1.54, 1.807) is 23.1 Å². The Balaban J connectivity index is 1.76. The summed E-state index contributed by atoms with van der Waals surface area (Å²) in [7, 11) is -4.07. The topological polar surface area (TPSA) is 63.7 Å². The van der Waals surface area contributed by atoms with Crippen molar-refractivity contribution in [1.29, 1.82) is 0 Å². The van der Waals surface area contributed by atoms with Gasteiger partial charge in [-0.3, -0.25) is 4.79 Å². The van der Waals surface area contributed by atoms with Crippen molar-refractivity contribution in [3.05, 3.63) is 59.9 Å². The highest BCUT2D eigenvalue weighted by Crippen LogP contribution is 2.29. The molecule has 1 amide bonds. The molecule has 5 nitrogen and oxygen atoms in total. The minimum absolute atomic E-state index is 0.0916. The molecule has 1 aliphatic rings. The molecule has 8 heteroatoms. The number of carbonyl (C=O) groups is 1. The van der Waals surface area contributed by atoms with Crippen LogP contribution in [0.25, 0.3) is 0 Å². The molecule has 0 saturated heterocycles. The molecule has 2 aromatic carbocycles. The molecule has 1 aliphatic carbocycles. The molecular weight excluding hydrogens is 381 g/mol. The van der Waals surface area contributed by atoms with Crippen LogP contribution in [0.3, 0.4) is 0 Å². The van der Waals surface area contributed by atoms with Crippen molar-refractivity contribution in [3.63, 3.8) is 0 Å². The third-order valence-electron chi connectivity index (χ3n) is 3.98. The van der Waals surface area contributed by atoms with Gasteiger partial charge >= 0.3 is 10.1 Å². The smallest absolute Gasteiger partial charge is 0.339 e. The standard InChI is InChI=1S/C18H17ClFNO4S/c19-11-18(22)21(15-6-7-15)12-13-2-1-3-16(10-13)25-26(23,24)17-8-4-14(20)5-9-17/h1-5,8-10,15H,6-7,11-12H2. The number of rotatable bonds is 7. The zero-order chi connectivity index (χ0) is 18.7. The van der Waals surface area contributed by atoms with Gasteiger partial charge in [0.1, 0.15) is 22.3 Å². The quantitative estimate of drug-likeness (QED) is 0.531. The Labute approximate surface area is 156 Å². The van der Waals surface area contributed by atoms with Crippen LogP contribution in [0.2, 0.25) is 0 Å². The van der Waals surface area contributed by atoms with Crippen LogP contribution in [-0.2, 0) is 21.5 Å². The zero-order valence-electron chi connectivity index (χ0n) is 13.8. The molecule has 2 aromatic rings. The largest absolute Gasteiger partial charge is 0.379 e. The van der Waals surface area contributed by atoms with Gasteiger partial charge in [-0.2, -0.15) is 8.42 Å². The molecule has 0 atom stereocenters. The first-order valence-corrected chi connectivity index (χ1v) is 9.98. The molecule has 3 rings (SSSR count). The average molecular weight is 398 g/mol. The van der Waals surface area contributed by atoms with Crippen LogP contribution in [0.1, 0.15) is 18.4 Å². The molecule has 0 unspecified atom stereocenters. The summed E-state index contributed by atoms with van der Waals surface area (Å²) >= 11 is 5.66. The highest BCUT2D eigenvalue weighted by molar-refractivity contribution is 7.87. The SMILES string of the molecule is O=C(CCl)N(Cc1cccc(OS(=O)(=O)c2ccc(F)cc2)c1)C1CC1. The summed E-state index contributed by atoms with van der Waals surface area (Å²) in [6.07, 6.45) is 1.88. The van der Waals surface area contributed by atoms with E-state index in [0.717, 1.165) is 42.7 Å². The van der Waals surface area contributed by atoms with E-state index in [2.05, 4.69) is 0 Å². The van der Waals surface area contributed by atoms with Crippen LogP contribution in [-0.4, -0.2) is 31.1 Å². The van der Waals surface area contributed by atoms with Crippen LogP contribution in [0, 0.1) is 5.82 Å². The Bertz CT molecular complexity index is 898. The van der Waals surface area contributed by atoms with Gasteiger partial charge in [-0.1, -0.05) is 12.1 Å². The second-order valence-electron chi connectivity index (χ2n) is 6.03. The van der Waals surface area contributed by atoms with Crippen molar-refractivity contribution in [2.75, 3.05) is 5.88 Å². The van der Waals surface area contributed by atoms with Crippen LogP contribution in [0.4, 0.5) is 4.39 Å².